The van der Waals surface area contributed by atoms with Gasteiger partial charge in [-0.3, -0.25) is 4.79 Å². The molecule has 1 atom stereocenters. The number of carbonyl (C=O) groups excluding carboxylic acids is 1. The molecule has 0 bridgehead atoms. The number of ether oxygens (including phenoxy) is 1. The number of benzene rings is 1. The van der Waals surface area contributed by atoms with E-state index < -0.39 is 6.10 Å². The summed E-state index contributed by atoms with van der Waals surface area (Å²) in [4.78, 5) is 11.8. The van der Waals surface area contributed by atoms with E-state index in [-0.39, 0.29) is 11.9 Å². The molecule has 0 aliphatic rings. The Balaban J connectivity index is 2.70. The summed E-state index contributed by atoms with van der Waals surface area (Å²) in [5.74, 6) is 0.433. The monoisotopic (exact) mass is 255 g/mol. The van der Waals surface area contributed by atoms with Crippen LogP contribution in [0.5, 0.6) is 5.75 Å². The van der Waals surface area contributed by atoms with Crippen molar-refractivity contribution in [3.8, 4) is 5.75 Å². The molecule has 1 aromatic rings. The Bertz CT molecular complexity index is 379. The predicted molar refractivity (Wildman–Crippen MR) is 69.4 cm³/mol. The molecule has 0 aliphatic heterocycles. The molecular weight excluding hydrogens is 238 g/mol. The fourth-order valence-corrected chi connectivity index (χ4v) is 1.57. The molecule has 4 heteroatoms. The van der Waals surface area contributed by atoms with Crippen molar-refractivity contribution in [2.75, 3.05) is 0 Å². The van der Waals surface area contributed by atoms with E-state index in [4.69, 9.17) is 16.3 Å². The van der Waals surface area contributed by atoms with Gasteiger partial charge in [0.25, 0.3) is 5.91 Å². The van der Waals surface area contributed by atoms with Crippen LogP contribution in [0, 0.1) is 0 Å². The molecule has 1 amide bonds. The van der Waals surface area contributed by atoms with E-state index >= 15 is 0 Å². The zero-order valence-corrected chi connectivity index (χ0v) is 11.1. The van der Waals surface area contributed by atoms with E-state index in [9.17, 15) is 4.79 Å². The van der Waals surface area contributed by atoms with Gasteiger partial charge >= 0.3 is 0 Å². The average Bonchev–Trinajstić information content (AvgIpc) is 2.27. The summed E-state index contributed by atoms with van der Waals surface area (Å²) in [5, 5.41) is 3.34. The van der Waals surface area contributed by atoms with Gasteiger partial charge in [-0.2, -0.15) is 0 Å². The molecule has 0 heterocycles. The van der Waals surface area contributed by atoms with Crippen molar-refractivity contribution in [2.24, 2.45) is 0 Å². The van der Waals surface area contributed by atoms with Crippen molar-refractivity contribution in [3.63, 3.8) is 0 Å². The van der Waals surface area contributed by atoms with Crippen molar-refractivity contribution >= 4 is 17.5 Å². The molecule has 1 rings (SSSR count). The van der Waals surface area contributed by atoms with Crippen LogP contribution in [0.25, 0.3) is 0 Å². The number of carbonyl (C=O) groups is 1. The Morgan fingerprint density at radius 2 is 2.06 bits per heavy atom. The summed E-state index contributed by atoms with van der Waals surface area (Å²) in [6, 6.07) is 7.25. The summed E-state index contributed by atoms with van der Waals surface area (Å²) < 4.78 is 5.61. The summed E-state index contributed by atoms with van der Waals surface area (Å²) in [7, 11) is 0. The first-order valence-corrected chi connectivity index (χ1v) is 6.14. The number of rotatable bonds is 5. The molecule has 0 unspecified atom stereocenters. The van der Waals surface area contributed by atoms with E-state index in [1.165, 1.54) is 0 Å². The Labute approximate surface area is 107 Å². The Kier molecular flexibility index (Phi) is 5.29. The van der Waals surface area contributed by atoms with E-state index in [2.05, 4.69) is 5.32 Å². The van der Waals surface area contributed by atoms with Gasteiger partial charge in [-0.1, -0.05) is 30.7 Å². The third kappa shape index (κ3) is 4.27. The van der Waals surface area contributed by atoms with Crippen molar-refractivity contribution in [1.29, 1.82) is 0 Å². The minimum absolute atomic E-state index is 0.103. The highest BCUT2D eigenvalue weighted by atomic mass is 35.5. The first-order chi connectivity index (χ1) is 8.04. The molecule has 94 valence electrons. The normalized spacial score (nSPS) is 12.3. The Morgan fingerprint density at radius 1 is 1.41 bits per heavy atom. The number of hydrogen-bond donors (Lipinski definition) is 1. The lowest BCUT2D eigenvalue weighted by Gasteiger charge is -2.19. The van der Waals surface area contributed by atoms with E-state index in [1.54, 1.807) is 12.1 Å². The zero-order valence-electron chi connectivity index (χ0n) is 10.4. The lowest BCUT2D eigenvalue weighted by Crippen LogP contribution is -2.41. The Morgan fingerprint density at radius 3 is 2.59 bits per heavy atom. The standard InChI is InChI=1S/C13H18ClNO2/c1-4-11(13(16)15-9(2)3)17-12-8-6-5-7-10(12)14/h5-9,11H,4H2,1-3H3,(H,15,16)/t11-/m1/s1. The van der Waals surface area contributed by atoms with Crippen LogP contribution in [0.15, 0.2) is 24.3 Å². The molecule has 0 spiro atoms. The molecule has 0 saturated heterocycles. The Hall–Kier alpha value is -1.22. The average molecular weight is 256 g/mol. The van der Waals surface area contributed by atoms with Gasteiger partial charge in [-0.05, 0) is 32.4 Å². The third-order valence-corrected chi connectivity index (χ3v) is 2.51. The van der Waals surface area contributed by atoms with Crippen LogP contribution in [0.3, 0.4) is 0 Å². The molecule has 17 heavy (non-hydrogen) atoms. The summed E-state index contributed by atoms with van der Waals surface area (Å²) in [6.45, 7) is 5.74. The van der Waals surface area contributed by atoms with Crippen LogP contribution < -0.4 is 10.1 Å². The van der Waals surface area contributed by atoms with Crippen LogP contribution >= 0.6 is 11.6 Å². The van der Waals surface area contributed by atoms with Gasteiger partial charge in [0.2, 0.25) is 0 Å². The van der Waals surface area contributed by atoms with Gasteiger partial charge in [0.1, 0.15) is 5.75 Å². The topological polar surface area (TPSA) is 38.3 Å². The van der Waals surface area contributed by atoms with Crippen LogP contribution in [0.1, 0.15) is 27.2 Å². The fourth-order valence-electron chi connectivity index (χ4n) is 1.39. The molecule has 0 saturated carbocycles. The molecule has 1 aromatic carbocycles. The number of nitrogens with one attached hydrogen (secondary N) is 1. The van der Waals surface area contributed by atoms with Gasteiger partial charge in [0.15, 0.2) is 6.10 Å². The van der Waals surface area contributed by atoms with Gasteiger partial charge in [0.05, 0.1) is 5.02 Å². The maximum Gasteiger partial charge on any atom is 0.261 e. The second-order valence-electron chi connectivity index (χ2n) is 4.11. The quantitative estimate of drug-likeness (QED) is 0.878. The first kappa shape index (κ1) is 13.8. The van der Waals surface area contributed by atoms with Crippen molar-refractivity contribution in [3.05, 3.63) is 29.3 Å². The SMILES string of the molecule is CC[C@@H](Oc1ccccc1Cl)C(=O)NC(C)C. The largest absolute Gasteiger partial charge is 0.479 e. The number of hydrogen-bond acceptors (Lipinski definition) is 2. The first-order valence-electron chi connectivity index (χ1n) is 5.76. The van der Waals surface area contributed by atoms with Gasteiger partial charge in [-0.25, -0.2) is 0 Å². The van der Waals surface area contributed by atoms with E-state index in [1.807, 2.05) is 32.9 Å². The summed E-state index contributed by atoms with van der Waals surface area (Å²) in [6.07, 6.45) is 0.0985. The minimum atomic E-state index is -0.503. The number of amides is 1. The van der Waals surface area contributed by atoms with E-state index in [0.717, 1.165) is 0 Å². The minimum Gasteiger partial charge on any atom is -0.479 e. The lowest BCUT2D eigenvalue weighted by atomic mass is 10.2. The molecule has 0 fully saturated rings. The fraction of sp³-hybridized carbons (Fsp3) is 0.462. The maximum absolute atomic E-state index is 11.8. The van der Waals surface area contributed by atoms with Crippen LogP contribution in [-0.4, -0.2) is 18.1 Å². The maximum atomic E-state index is 11.8. The van der Waals surface area contributed by atoms with Gasteiger partial charge < -0.3 is 10.1 Å². The highest BCUT2D eigenvalue weighted by Gasteiger charge is 2.19. The molecule has 0 aromatic heterocycles. The van der Waals surface area contributed by atoms with Crippen LogP contribution in [-0.2, 0) is 4.79 Å². The van der Waals surface area contributed by atoms with Crippen molar-refractivity contribution in [2.45, 2.75) is 39.3 Å². The molecule has 0 aliphatic carbocycles. The molecule has 1 N–H and O–H groups in total. The smallest absolute Gasteiger partial charge is 0.261 e. The van der Waals surface area contributed by atoms with Crippen molar-refractivity contribution in [1.82, 2.24) is 5.32 Å². The zero-order chi connectivity index (χ0) is 12.8. The highest BCUT2D eigenvalue weighted by Crippen LogP contribution is 2.24. The van der Waals surface area contributed by atoms with Gasteiger partial charge in [-0.15, -0.1) is 0 Å². The predicted octanol–water partition coefficient (Wildman–Crippen LogP) is 3.02. The third-order valence-electron chi connectivity index (χ3n) is 2.20. The number of halogens is 1. The second kappa shape index (κ2) is 6.50. The van der Waals surface area contributed by atoms with Gasteiger partial charge in [0, 0.05) is 6.04 Å². The summed E-state index contributed by atoms with van der Waals surface area (Å²) >= 11 is 5.98. The van der Waals surface area contributed by atoms with E-state index in [0.29, 0.717) is 17.2 Å². The second-order valence-corrected chi connectivity index (χ2v) is 4.52. The molecule has 0 radical (unpaired) electrons. The van der Waals surface area contributed by atoms with Crippen LogP contribution in [0.4, 0.5) is 0 Å². The highest BCUT2D eigenvalue weighted by molar-refractivity contribution is 6.32. The summed E-state index contributed by atoms with van der Waals surface area (Å²) in [5.41, 5.74) is 0. The van der Waals surface area contributed by atoms with Crippen LogP contribution in [0.2, 0.25) is 5.02 Å². The molecular formula is C13H18ClNO2. The lowest BCUT2D eigenvalue weighted by molar-refractivity contribution is -0.128. The molecule has 3 nitrogen and oxygen atoms in total. The van der Waals surface area contributed by atoms with Crippen molar-refractivity contribution < 1.29 is 9.53 Å². The number of para-hydroxylation sites is 1.